The summed E-state index contributed by atoms with van der Waals surface area (Å²) in [4.78, 5) is 0. The van der Waals surface area contributed by atoms with Crippen LogP contribution in [0.2, 0.25) is 0 Å². The molecule has 1 fully saturated rings. The SMILES string of the molecule is CC.COC.c1ccc(COC[C@H]2O[C@@H](c3ccccc3)[C@H](OCc3ccccc3)[C@@H](OCc3ccccc3)[C@@H]2OCc2ccccc2)cc1. The van der Waals surface area contributed by atoms with Crippen LogP contribution in [-0.4, -0.2) is 45.2 Å². The van der Waals surface area contributed by atoms with Crippen LogP contribution in [0.15, 0.2) is 152 Å². The van der Waals surface area contributed by atoms with Crippen LogP contribution in [0.3, 0.4) is 0 Å². The first kappa shape index (κ1) is 38.7. The average molecular weight is 677 g/mol. The summed E-state index contributed by atoms with van der Waals surface area (Å²) in [6.45, 7) is 6.07. The third kappa shape index (κ3) is 12.3. The van der Waals surface area contributed by atoms with Crippen LogP contribution in [0.5, 0.6) is 0 Å². The van der Waals surface area contributed by atoms with Crippen LogP contribution < -0.4 is 0 Å². The zero-order valence-electron chi connectivity index (χ0n) is 29.8. The van der Waals surface area contributed by atoms with Crippen molar-refractivity contribution < 1.29 is 28.4 Å². The van der Waals surface area contributed by atoms with Gasteiger partial charge in [0.25, 0.3) is 0 Å². The Hall–Kier alpha value is -4.14. The molecule has 0 N–H and O–H groups in total. The van der Waals surface area contributed by atoms with Gasteiger partial charge >= 0.3 is 0 Å². The Balaban J connectivity index is 0.00000107. The Kier molecular flexibility index (Phi) is 17.4. The first-order valence-electron chi connectivity index (χ1n) is 17.4. The first-order chi connectivity index (χ1) is 24.7. The molecule has 0 bridgehead atoms. The fourth-order valence-electron chi connectivity index (χ4n) is 5.70. The minimum Gasteiger partial charge on any atom is -0.388 e. The van der Waals surface area contributed by atoms with Crippen molar-refractivity contribution in [1.82, 2.24) is 0 Å². The van der Waals surface area contributed by atoms with Crippen molar-refractivity contribution in [2.75, 3.05) is 20.8 Å². The summed E-state index contributed by atoms with van der Waals surface area (Å²) in [7, 11) is 3.25. The van der Waals surface area contributed by atoms with Crippen LogP contribution >= 0.6 is 0 Å². The lowest BCUT2D eigenvalue weighted by Crippen LogP contribution is -2.58. The van der Waals surface area contributed by atoms with Crippen molar-refractivity contribution in [2.24, 2.45) is 0 Å². The second-order valence-corrected chi connectivity index (χ2v) is 11.7. The molecule has 6 rings (SSSR count). The Morgan fingerprint density at radius 3 is 1.20 bits per heavy atom. The lowest BCUT2D eigenvalue weighted by atomic mass is 9.90. The van der Waals surface area contributed by atoms with Gasteiger partial charge in [-0.2, -0.15) is 0 Å². The van der Waals surface area contributed by atoms with Gasteiger partial charge in [-0.15, -0.1) is 0 Å². The molecule has 1 saturated heterocycles. The van der Waals surface area contributed by atoms with Crippen molar-refractivity contribution in [3.05, 3.63) is 179 Å². The maximum atomic E-state index is 6.94. The molecule has 5 aromatic rings. The Labute approximate surface area is 298 Å². The van der Waals surface area contributed by atoms with Gasteiger partial charge in [0.15, 0.2) is 0 Å². The van der Waals surface area contributed by atoms with Crippen LogP contribution in [-0.2, 0) is 54.8 Å². The summed E-state index contributed by atoms with van der Waals surface area (Å²) < 4.78 is 37.8. The van der Waals surface area contributed by atoms with E-state index in [1.807, 2.05) is 105 Å². The first-order valence-corrected chi connectivity index (χ1v) is 17.4. The molecule has 5 atom stereocenters. The zero-order chi connectivity index (χ0) is 35.2. The summed E-state index contributed by atoms with van der Waals surface area (Å²) in [6.07, 6.45) is -2.13. The third-order valence-electron chi connectivity index (χ3n) is 8.01. The smallest absolute Gasteiger partial charge is 0.117 e. The van der Waals surface area contributed by atoms with E-state index >= 15 is 0 Å². The Morgan fingerprint density at radius 2 is 0.780 bits per heavy atom. The number of methoxy groups -OCH3 is 1. The van der Waals surface area contributed by atoms with E-state index in [9.17, 15) is 0 Å². The molecule has 0 saturated carbocycles. The summed E-state index contributed by atoms with van der Waals surface area (Å²) in [6, 6.07) is 51.1. The van der Waals surface area contributed by atoms with Crippen LogP contribution in [0.4, 0.5) is 0 Å². The fraction of sp³-hybridized carbons (Fsp3) is 0.318. The summed E-state index contributed by atoms with van der Waals surface area (Å²) in [5.74, 6) is 0. The molecule has 0 aliphatic carbocycles. The molecule has 0 spiro atoms. The molecule has 264 valence electrons. The molecule has 6 nitrogen and oxygen atoms in total. The van der Waals surface area contributed by atoms with Crippen molar-refractivity contribution >= 4 is 0 Å². The number of rotatable bonds is 14. The van der Waals surface area contributed by atoms with E-state index in [1.54, 1.807) is 14.2 Å². The molecule has 50 heavy (non-hydrogen) atoms. The highest BCUT2D eigenvalue weighted by atomic mass is 16.6. The second-order valence-electron chi connectivity index (χ2n) is 11.7. The van der Waals surface area contributed by atoms with E-state index < -0.39 is 30.5 Å². The lowest BCUT2D eigenvalue weighted by Gasteiger charge is -2.46. The zero-order valence-corrected chi connectivity index (χ0v) is 29.8. The molecule has 1 aliphatic heterocycles. The Bertz CT molecular complexity index is 1540. The van der Waals surface area contributed by atoms with Crippen molar-refractivity contribution in [3.63, 3.8) is 0 Å². The van der Waals surface area contributed by atoms with Crippen LogP contribution in [0.1, 0.15) is 47.8 Å². The molecule has 5 aromatic carbocycles. The highest BCUT2D eigenvalue weighted by Crippen LogP contribution is 2.38. The average Bonchev–Trinajstić information content (AvgIpc) is 3.19. The highest BCUT2D eigenvalue weighted by molar-refractivity contribution is 5.22. The van der Waals surface area contributed by atoms with Gasteiger partial charge in [-0.1, -0.05) is 166 Å². The molecule has 0 unspecified atom stereocenters. The number of benzene rings is 5. The van der Waals surface area contributed by atoms with Gasteiger partial charge in [0.1, 0.15) is 30.5 Å². The van der Waals surface area contributed by atoms with Crippen LogP contribution in [0.25, 0.3) is 0 Å². The number of ether oxygens (including phenoxy) is 6. The minimum absolute atomic E-state index is 0.342. The molecule has 0 radical (unpaired) electrons. The molecule has 1 heterocycles. The predicted molar refractivity (Wildman–Crippen MR) is 199 cm³/mol. The van der Waals surface area contributed by atoms with Gasteiger partial charge in [0, 0.05) is 14.2 Å². The molecule has 1 aliphatic rings. The topological polar surface area (TPSA) is 55.4 Å². The Morgan fingerprint density at radius 1 is 0.440 bits per heavy atom. The van der Waals surface area contributed by atoms with E-state index in [0.29, 0.717) is 33.0 Å². The van der Waals surface area contributed by atoms with Gasteiger partial charge in [0.05, 0.1) is 33.0 Å². The van der Waals surface area contributed by atoms with E-state index in [1.165, 1.54) is 0 Å². The standard InChI is InChI=1S/C40H40O5.C2H6O.C2H6/c1-6-16-31(17-7-1)26-41-30-36-38(42-27-32-18-8-2-9-19-32)40(44-29-34-22-12-4-13-23-34)39(43-28-33-20-10-3-11-21-33)37(45-36)35-24-14-5-15-25-35;1-3-2;1-2/h1-25,36-40H,26-30H2;1-2H3;1-2H3/t36-,37+,38-,39+,40+;;/m1../s1. The highest BCUT2D eigenvalue weighted by Gasteiger charge is 2.49. The number of hydrogen-bond donors (Lipinski definition) is 0. The van der Waals surface area contributed by atoms with E-state index in [-0.39, 0.29) is 0 Å². The van der Waals surface area contributed by atoms with E-state index in [2.05, 4.69) is 65.4 Å². The van der Waals surface area contributed by atoms with Gasteiger partial charge in [-0.05, 0) is 27.8 Å². The largest absolute Gasteiger partial charge is 0.388 e. The van der Waals surface area contributed by atoms with Crippen molar-refractivity contribution in [3.8, 4) is 0 Å². The fourth-order valence-corrected chi connectivity index (χ4v) is 5.70. The van der Waals surface area contributed by atoms with Crippen LogP contribution in [0, 0.1) is 0 Å². The molecular weight excluding hydrogens is 624 g/mol. The summed E-state index contributed by atoms with van der Waals surface area (Å²) >= 11 is 0. The van der Waals surface area contributed by atoms with Gasteiger partial charge in [-0.3, -0.25) is 0 Å². The maximum absolute atomic E-state index is 6.94. The van der Waals surface area contributed by atoms with Crippen molar-refractivity contribution in [1.29, 1.82) is 0 Å². The van der Waals surface area contributed by atoms with Gasteiger partial charge in [0.2, 0.25) is 0 Å². The summed E-state index contributed by atoms with van der Waals surface area (Å²) in [5, 5.41) is 0. The van der Waals surface area contributed by atoms with Gasteiger partial charge in [-0.25, -0.2) is 0 Å². The molecule has 0 aromatic heterocycles. The lowest BCUT2D eigenvalue weighted by molar-refractivity contribution is -0.275. The molecular formula is C44H52O6. The van der Waals surface area contributed by atoms with E-state index in [4.69, 9.17) is 23.7 Å². The monoisotopic (exact) mass is 676 g/mol. The minimum atomic E-state index is -0.453. The van der Waals surface area contributed by atoms with Gasteiger partial charge < -0.3 is 28.4 Å². The molecule has 6 heteroatoms. The molecule has 0 amide bonds. The third-order valence-corrected chi connectivity index (χ3v) is 8.01. The quantitative estimate of drug-likeness (QED) is 0.117. The predicted octanol–water partition coefficient (Wildman–Crippen LogP) is 9.39. The second kappa shape index (κ2) is 22.6. The maximum Gasteiger partial charge on any atom is 0.117 e. The van der Waals surface area contributed by atoms with E-state index in [0.717, 1.165) is 27.8 Å². The number of hydrogen-bond acceptors (Lipinski definition) is 6. The van der Waals surface area contributed by atoms with Crippen molar-refractivity contribution in [2.45, 2.75) is 70.8 Å². The normalized spacial score (nSPS) is 19.7. The summed E-state index contributed by atoms with van der Waals surface area (Å²) in [5.41, 5.74) is 5.38.